The molecule has 2 fully saturated rings. The number of piperidine rings is 1. The number of aryl methyl sites for hydroxylation is 1. The normalized spacial score (nSPS) is 24.4. The highest BCUT2D eigenvalue weighted by molar-refractivity contribution is 5.81. The van der Waals surface area contributed by atoms with Gasteiger partial charge in [0.25, 0.3) is 0 Å². The monoisotopic (exact) mass is 264 g/mol. The summed E-state index contributed by atoms with van der Waals surface area (Å²) in [6.07, 6.45) is 4.29. The van der Waals surface area contributed by atoms with Crippen LogP contribution in [0, 0.1) is 12.8 Å². The van der Waals surface area contributed by atoms with Crippen LogP contribution in [0.5, 0.6) is 0 Å². The molecule has 1 aromatic rings. The summed E-state index contributed by atoms with van der Waals surface area (Å²) < 4.78 is 5.14. The van der Waals surface area contributed by atoms with E-state index in [9.17, 15) is 4.79 Å². The van der Waals surface area contributed by atoms with Gasteiger partial charge in [0.15, 0.2) is 5.82 Å². The molecule has 2 aliphatic rings. The second-order valence-corrected chi connectivity index (χ2v) is 5.59. The first kappa shape index (κ1) is 12.6. The van der Waals surface area contributed by atoms with Crippen LogP contribution in [-0.4, -0.2) is 40.1 Å². The van der Waals surface area contributed by atoms with Crippen LogP contribution in [0.15, 0.2) is 4.52 Å². The minimum absolute atomic E-state index is 0.237. The second kappa shape index (κ2) is 5.28. The van der Waals surface area contributed by atoms with Gasteiger partial charge in [0.1, 0.15) is 0 Å². The largest absolute Gasteiger partial charge is 0.352 e. The summed E-state index contributed by atoms with van der Waals surface area (Å²) in [6.45, 7) is 4.40. The molecule has 2 heterocycles. The highest BCUT2D eigenvalue weighted by Gasteiger charge is 2.32. The molecule has 1 saturated carbocycles. The highest BCUT2D eigenvalue weighted by atomic mass is 16.5. The van der Waals surface area contributed by atoms with Gasteiger partial charge in [-0.1, -0.05) is 5.16 Å². The number of aromatic nitrogens is 2. The van der Waals surface area contributed by atoms with Gasteiger partial charge in [-0.2, -0.15) is 4.98 Å². The van der Waals surface area contributed by atoms with E-state index >= 15 is 0 Å². The van der Waals surface area contributed by atoms with Crippen molar-refractivity contribution in [1.82, 2.24) is 20.4 Å². The van der Waals surface area contributed by atoms with E-state index in [-0.39, 0.29) is 17.9 Å². The summed E-state index contributed by atoms with van der Waals surface area (Å²) in [4.78, 5) is 18.3. The quantitative estimate of drug-likeness (QED) is 0.873. The number of nitrogens with zero attached hydrogens (tertiary/aromatic N) is 3. The van der Waals surface area contributed by atoms with Crippen molar-refractivity contribution >= 4 is 5.91 Å². The minimum atomic E-state index is 0.237. The van der Waals surface area contributed by atoms with Gasteiger partial charge in [0.2, 0.25) is 11.8 Å². The Hall–Kier alpha value is -1.43. The van der Waals surface area contributed by atoms with Crippen LogP contribution in [0.1, 0.15) is 37.4 Å². The lowest BCUT2D eigenvalue weighted by Crippen LogP contribution is -2.47. The average Bonchev–Trinajstić information content (AvgIpc) is 3.15. The maximum absolute atomic E-state index is 11.8. The second-order valence-electron chi connectivity index (χ2n) is 5.59. The lowest BCUT2D eigenvalue weighted by Gasteiger charge is -2.32. The molecule has 6 heteroatoms. The van der Waals surface area contributed by atoms with E-state index in [1.165, 1.54) is 0 Å². The Morgan fingerprint density at radius 2 is 2.32 bits per heavy atom. The molecule has 1 amide bonds. The fourth-order valence-corrected chi connectivity index (χ4v) is 2.58. The number of rotatable bonds is 4. The molecule has 6 nitrogen and oxygen atoms in total. The Labute approximate surface area is 112 Å². The molecule has 0 bridgehead atoms. The van der Waals surface area contributed by atoms with Gasteiger partial charge in [-0.15, -0.1) is 0 Å². The van der Waals surface area contributed by atoms with Gasteiger partial charge in [-0.25, -0.2) is 0 Å². The van der Waals surface area contributed by atoms with Crippen molar-refractivity contribution in [1.29, 1.82) is 0 Å². The number of nitrogens with one attached hydrogen (secondary N) is 1. The fourth-order valence-electron chi connectivity index (χ4n) is 2.58. The smallest absolute Gasteiger partial charge is 0.240 e. The fraction of sp³-hybridized carbons (Fsp3) is 0.769. The van der Waals surface area contributed by atoms with Crippen molar-refractivity contribution in [2.24, 2.45) is 5.92 Å². The SMILES string of the molecule is Cc1noc(CN2CCCC(NC(=O)C3CC3)C2)n1. The number of hydrogen-bond donors (Lipinski definition) is 1. The molecule has 104 valence electrons. The highest BCUT2D eigenvalue weighted by Crippen LogP contribution is 2.29. The van der Waals surface area contributed by atoms with Gasteiger partial charge in [-0.05, 0) is 39.2 Å². The number of carbonyl (C=O) groups is 1. The van der Waals surface area contributed by atoms with Crippen molar-refractivity contribution in [2.75, 3.05) is 13.1 Å². The van der Waals surface area contributed by atoms with Gasteiger partial charge >= 0.3 is 0 Å². The zero-order valence-corrected chi connectivity index (χ0v) is 11.3. The van der Waals surface area contributed by atoms with Crippen LogP contribution in [0.3, 0.4) is 0 Å². The number of likely N-dealkylation sites (tertiary alicyclic amines) is 1. The molecule has 1 atom stereocenters. The van der Waals surface area contributed by atoms with Crippen LogP contribution in [0.2, 0.25) is 0 Å². The first-order valence-corrected chi connectivity index (χ1v) is 7.02. The molecule has 0 aromatic carbocycles. The predicted octanol–water partition coefficient (Wildman–Crippen LogP) is 0.869. The summed E-state index contributed by atoms with van der Waals surface area (Å²) in [7, 11) is 0. The molecule has 1 N–H and O–H groups in total. The molecule has 0 spiro atoms. The molecule has 1 aliphatic carbocycles. The molecule has 1 unspecified atom stereocenters. The van der Waals surface area contributed by atoms with Crippen molar-refractivity contribution in [3.8, 4) is 0 Å². The van der Waals surface area contributed by atoms with E-state index < -0.39 is 0 Å². The van der Waals surface area contributed by atoms with Crippen molar-refractivity contribution in [3.05, 3.63) is 11.7 Å². The summed E-state index contributed by atoms with van der Waals surface area (Å²) in [6, 6.07) is 0.269. The molecule has 0 radical (unpaired) electrons. The maximum Gasteiger partial charge on any atom is 0.240 e. The van der Waals surface area contributed by atoms with Crippen LogP contribution in [-0.2, 0) is 11.3 Å². The van der Waals surface area contributed by atoms with E-state index in [0.717, 1.165) is 38.8 Å². The third kappa shape index (κ3) is 3.32. The minimum Gasteiger partial charge on any atom is -0.352 e. The van der Waals surface area contributed by atoms with Crippen molar-refractivity contribution in [2.45, 2.75) is 45.2 Å². The van der Waals surface area contributed by atoms with Crippen molar-refractivity contribution < 1.29 is 9.32 Å². The molecule has 1 aliphatic heterocycles. The Bertz CT molecular complexity index is 455. The Morgan fingerprint density at radius 3 is 3.00 bits per heavy atom. The van der Waals surface area contributed by atoms with E-state index in [1.807, 2.05) is 6.92 Å². The zero-order valence-electron chi connectivity index (χ0n) is 11.3. The molecular weight excluding hydrogens is 244 g/mol. The lowest BCUT2D eigenvalue weighted by molar-refractivity contribution is -0.123. The summed E-state index contributed by atoms with van der Waals surface area (Å²) in [5.41, 5.74) is 0. The van der Waals surface area contributed by atoms with Crippen molar-refractivity contribution in [3.63, 3.8) is 0 Å². The first-order valence-electron chi connectivity index (χ1n) is 7.02. The predicted molar refractivity (Wildman–Crippen MR) is 68.2 cm³/mol. The summed E-state index contributed by atoms with van der Waals surface area (Å²) in [5, 5.41) is 6.95. The number of amides is 1. The van der Waals surface area contributed by atoms with Crippen LogP contribution in [0.25, 0.3) is 0 Å². The zero-order chi connectivity index (χ0) is 13.2. The standard InChI is InChI=1S/C13H20N4O2/c1-9-14-12(19-16-9)8-17-6-2-3-11(7-17)15-13(18)10-4-5-10/h10-11H,2-8H2,1H3,(H,15,18). The molecule has 19 heavy (non-hydrogen) atoms. The molecule has 1 saturated heterocycles. The van der Waals surface area contributed by atoms with Gasteiger partial charge in [0.05, 0.1) is 6.54 Å². The topological polar surface area (TPSA) is 71.3 Å². The average molecular weight is 264 g/mol. The van der Waals surface area contributed by atoms with Gasteiger partial charge < -0.3 is 9.84 Å². The Morgan fingerprint density at radius 1 is 1.47 bits per heavy atom. The molecule has 3 rings (SSSR count). The molecule has 1 aromatic heterocycles. The van der Waals surface area contributed by atoms with Crippen LogP contribution >= 0.6 is 0 Å². The van der Waals surface area contributed by atoms with Crippen LogP contribution < -0.4 is 5.32 Å². The summed E-state index contributed by atoms with van der Waals surface area (Å²) >= 11 is 0. The number of carbonyl (C=O) groups excluding carboxylic acids is 1. The third-order valence-electron chi connectivity index (χ3n) is 3.73. The maximum atomic E-state index is 11.8. The van der Waals surface area contributed by atoms with E-state index in [4.69, 9.17) is 4.52 Å². The van der Waals surface area contributed by atoms with E-state index in [1.54, 1.807) is 0 Å². The first-order chi connectivity index (χ1) is 9.20. The van der Waals surface area contributed by atoms with Gasteiger partial charge in [0, 0.05) is 18.5 Å². The molecular formula is C13H20N4O2. The Balaban J connectivity index is 1.51. The summed E-state index contributed by atoms with van der Waals surface area (Å²) in [5.74, 6) is 1.85. The third-order valence-corrected chi connectivity index (χ3v) is 3.73. The van der Waals surface area contributed by atoms with E-state index in [2.05, 4.69) is 20.4 Å². The lowest BCUT2D eigenvalue weighted by atomic mass is 10.1. The van der Waals surface area contributed by atoms with Gasteiger partial charge in [-0.3, -0.25) is 9.69 Å². The van der Waals surface area contributed by atoms with Crippen LogP contribution in [0.4, 0.5) is 0 Å². The number of hydrogen-bond acceptors (Lipinski definition) is 5. The van der Waals surface area contributed by atoms with E-state index in [0.29, 0.717) is 18.3 Å². The Kier molecular flexibility index (Phi) is 3.50.